The van der Waals surface area contributed by atoms with E-state index in [9.17, 15) is 15.1 Å². The average Bonchev–Trinajstić information content (AvgIpc) is 2.79. The lowest BCUT2D eigenvalue weighted by Gasteiger charge is -2.56. The highest BCUT2D eigenvalue weighted by Gasteiger charge is 2.60. The Morgan fingerprint density at radius 2 is 1.87 bits per heavy atom. The van der Waals surface area contributed by atoms with Crippen molar-refractivity contribution in [2.45, 2.75) is 64.9 Å². The van der Waals surface area contributed by atoms with Gasteiger partial charge >= 0.3 is 0 Å². The molecule has 0 bridgehead atoms. The molecule has 0 amide bonds. The minimum atomic E-state index is -0.335. The molecule has 126 valence electrons. The molecule has 0 radical (unpaired) electrons. The molecule has 4 aliphatic carbocycles. The number of Topliss-reactive ketones (excluding diaryl/α,β-unsaturated/α-hetero) is 1. The molecule has 4 heteroatoms. The summed E-state index contributed by atoms with van der Waals surface area (Å²) in [6.45, 7) is 4.46. The number of carbonyl (C=O) groups is 1. The lowest BCUT2D eigenvalue weighted by atomic mass is 9.48. The second kappa shape index (κ2) is 4.92. The van der Waals surface area contributed by atoms with Gasteiger partial charge < -0.3 is 10.3 Å². The van der Waals surface area contributed by atoms with E-state index in [1.165, 1.54) is 5.57 Å². The molecule has 23 heavy (non-hydrogen) atoms. The van der Waals surface area contributed by atoms with Gasteiger partial charge in [-0.05, 0) is 61.7 Å². The molecule has 0 aromatic heterocycles. The molecule has 0 aliphatic heterocycles. The smallest absolute Gasteiger partial charge is 0.186 e. The van der Waals surface area contributed by atoms with Crippen molar-refractivity contribution in [3.63, 3.8) is 0 Å². The van der Waals surface area contributed by atoms with Gasteiger partial charge in [0.05, 0.1) is 6.10 Å². The van der Waals surface area contributed by atoms with Crippen LogP contribution in [0.2, 0.25) is 0 Å². The number of rotatable bonds is 0. The number of nitrogens with zero attached hydrogens (tertiary/aromatic N) is 1. The summed E-state index contributed by atoms with van der Waals surface area (Å²) in [7, 11) is 0. The predicted octanol–water partition coefficient (Wildman–Crippen LogP) is 3.32. The highest BCUT2D eigenvalue weighted by Crippen LogP contribution is 2.63. The van der Waals surface area contributed by atoms with Crippen molar-refractivity contribution in [2.24, 2.45) is 33.7 Å². The number of hydrogen-bond acceptors (Lipinski definition) is 4. The lowest BCUT2D eigenvalue weighted by Crippen LogP contribution is -2.50. The third kappa shape index (κ3) is 1.93. The summed E-state index contributed by atoms with van der Waals surface area (Å²) in [4.78, 5) is 12.6. The Kier molecular flexibility index (Phi) is 3.29. The minimum Gasteiger partial charge on any atom is -0.411 e. The van der Waals surface area contributed by atoms with Crippen LogP contribution < -0.4 is 0 Å². The Morgan fingerprint density at radius 3 is 2.61 bits per heavy atom. The van der Waals surface area contributed by atoms with Gasteiger partial charge in [-0.2, -0.15) is 0 Å². The summed E-state index contributed by atoms with van der Waals surface area (Å²) in [6.07, 6.45) is 8.57. The summed E-state index contributed by atoms with van der Waals surface area (Å²) in [5.74, 6) is 1.48. The van der Waals surface area contributed by atoms with Gasteiger partial charge in [0.15, 0.2) is 5.78 Å². The Hall–Kier alpha value is -1.16. The highest BCUT2D eigenvalue weighted by atomic mass is 16.4. The van der Waals surface area contributed by atoms with Crippen molar-refractivity contribution in [1.29, 1.82) is 0 Å². The second-order valence-corrected chi connectivity index (χ2v) is 8.69. The van der Waals surface area contributed by atoms with Crippen LogP contribution in [0.4, 0.5) is 0 Å². The molecule has 0 saturated heterocycles. The van der Waals surface area contributed by atoms with E-state index in [4.69, 9.17) is 0 Å². The Labute approximate surface area is 137 Å². The normalized spacial score (nSPS) is 51.0. The standard InChI is InChI=1S/C19H27NO3/c1-18-7-5-12(21)9-11(18)3-4-13-14(18)6-8-19(2)15(13)10-16(20-23)17(19)22/h3,12-15,21,23H,4-10H2,1-2H3. The largest absolute Gasteiger partial charge is 0.411 e. The molecule has 6 unspecified atom stereocenters. The summed E-state index contributed by atoms with van der Waals surface area (Å²) in [5, 5.41) is 22.5. The van der Waals surface area contributed by atoms with Gasteiger partial charge in [-0.3, -0.25) is 4.79 Å². The van der Waals surface area contributed by atoms with Gasteiger partial charge in [-0.15, -0.1) is 0 Å². The van der Waals surface area contributed by atoms with Gasteiger partial charge in [0.25, 0.3) is 0 Å². The first-order valence-corrected chi connectivity index (χ1v) is 9.03. The van der Waals surface area contributed by atoms with Crippen molar-refractivity contribution < 1.29 is 15.1 Å². The molecular formula is C19H27NO3. The fraction of sp³-hybridized carbons (Fsp3) is 0.789. The monoisotopic (exact) mass is 317 g/mol. The van der Waals surface area contributed by atoms with E-state index in [0.717, 1.165) is 38.5 Å². The Bertz CT molecular complexity index is 610. The van der Waals surface area contributed by atoms with Crippen LogP contribution in [0, 0.1) is 28.6 Å². The third-order valence-corrected chi connectivity index (χ3v) is 7.78. The molecule has 6 atom stereocenters. The zero-order chi connectivity index (χ0) is 16.4. The number of allylic oxidation sites excluding steroid dienone is 1. The number of oxime groups is 1. The average molecular weight is 317 g/mol. The number of aliphatic hydroxyl groups excluding tert-OH is 1. The molecule has 4 aliphatic rings. The maximum Gasteiger partial charge on any atom is 0.186 e. The first-order chi connectivity index (χ1) is 10.9. The van der Waals surface area contributed by atoms with Crippen LogP contribution in [0.5, 0.6) is 0 Å². The van der Waals surface area contributed by atoms with Gasteiger partial charge in [-0.25, -0.2) is 0 Å². The first-order valence-electron chi connectivity index (χ1n) is 9.03. The number of fused-ring (bicyclic) bond motifs is 5. The van der Waals surface area contributed by atoms with Gasteiger partial charge in [0.2, 0.25) is 0 Å². The second-order valence-electron chi connectivity index (χ2n) is 8.69. The Morgan fingerprint density at radius 1 is 1.13 bits per heavy atom. The molecular weight excluding hydrogens is 290 g/mol. The van der Waals surface area contributed by atoms with Gasteiger partial charge in [-0.1, -0.05) is 30.7 Å². The van der Waals surface area contributed by atoms with E-state index in [1.54, 1.807) is 0 Å². The zero-order valence-corrected chi connectivity index (χ0v) is 14.1. The van der Waals surface area contributed by atoms with Crippen LogP contribution in [0.3, 0.4) is 0 Å². The van der Waals surface area contributed by atoms with Gasteiger partial charge in [0.1, 0.15) is 5.71 Å². The lowest BCUT2D eigenvalue weighted by molar-refractivity contribution is -0.128. The van der Waals surface area contributed by atoms with Crippen molar-refractivity contribution in [3.05, 3.63) is 11.6 Å². The van der Waals surface area contributed by atoms with Crippen LogP contribution in [0.15, 0.2) is 16.8 Å². The van der Waals surface area contributed by atoms with Crippen LogP contribution in [-0.2, 0) is 4.79 Å². The summed E-state index contributed by atoms with van der Waals surface area (Å²) < 4.78 is 0. The minimum absolute atomic E-state index is 0.0717. The van der Waals surface area contributed by atoms with E-state index < -0.39 is 0 Å². The first kappa shape index (κ1) is 15.4. The quantitative estimate of drug-likeness (QED) is 0.409. The number of aliphatic hydroxyl groups is 1. The van der Waals surface area contributed by atoms with Crippen molar-refractivity contribution in [2.75, 3.05) is 0 Å². The van der Waals surface area contributed by atoms with E-state index >= 15 is 0 Å². The number of carbonyl (C=O) groups excluding carboxylic acids is 1. The summed E-state index contributed by atoms with van der Waals surface area (Å²) in [5.41, 5.74) is 1.68. The number of ketones is 1. The zero-order valence-electron chi connectivity index (χ0n) is 14.1. The van der Waals surface area contributed by atoms with E-state index in [-0.39, 0.29) is 22.7 Å². The summed E-state index contributed by atoms with van der Waals surface area (Å²) >= 11 is 0. The summed E-state index contributed by atoms with van der Waals surface area (Å²) in [6, 6.07) is 0. The molecule has 0 spiro atoms. The van der Waals surface area contributed by atoms with Crippen LogP contribution >= 0.6 is 0 Å². The van der Waals surface area contributed by atoms with Crippen molar-refractivity contribution in [3.8, 4) is 0 Å². The van der Waals surface area contributed by atoms with E-state index in [1.807, 2.05) is 0 Å². The maximum atomic E-state index is 12.6. The topological polar surface area (TPSA) is 69.9 Å². The van der Waals surface area contributed by atoms with Crippen LogP contribution in [-0.4, -0.2) is 27.9 Å². The molecule has 4 nitrogen and oxygen atoms in total. The molecule has 3 saturated carbocycles. The fourth-order valence-electron chi connectivity index (χ4n) is 6.34. The Balaban J connectivity index is 1.71. The molecule has 0 aromatic carbocycles. The molecule has 0 heterocycles. The predicted molar refractivity (Wildman–Crippen MR) is 87.3 cm³/mol. The molecule has 3 fully saturated rings. The van der Waals surface area contributed by atoms with E-state index in [0.29, 0.717) is 29.9 Å². The van der Waals surface area contributed by atoms with Crippen molar-refractivity contribution >= 4 is 11.5 Å². The third-order valence-electron chi connectivity index (χ3n) is 7.78. The number of hydrogen-bond donors (Lipinski definition) is 2. The highest BCUT2D eigenvalue weighted by molar-refractivity contribution is 6.43. The SMILES string of the molecule is CC12CCC3C(CC=C4CC(O)CCC43C)C1CC(=NO)C2=O. The van der Waals surface area contributed by atoms with Crippen LogP contribution in [0.25, 0.3) is 0 Å². The van der Waals surface area contributed by atoms with E-state index in [2.05, 4.69) is 25.1 Å². The molecule has 4 rings (SSSR count). The maximum absolute atomic E-state index is 12.6. The molecule has 2 N–H and O–H groups in total. The van der Waals surface area contributed by atoms with Crippen LogP contribution in [0.1, 0.15) is 58.8 Å². The van der Waals surface area contributed by atoms with Gasteiger partial charge in [0, 0.05) is 11.8 Å². The fourth-order valence-corrected chi connectivity index (χ4v) is 6.34. The van der Waals surface area contributed by atoms with Crippen molar-refractivity contribution in [1.82, 2.24) is 0 Å². The molecule has 0 aromatic rings.